The summed E-state index contributed by atoms with van der Waals surface area (Å²) in [6.07, 6.45) is 0.563. The smallest absolute Gasteiger partial charge is 0.480 e. The van der Waals surface area contributed by atoms with Gasteiger partial charge in [-0.2, -0.15) is 4.89 Å². The predicted octanol–water partition coefficient (Wildman–Crippen LogP) is -0.203. The van der Waals surface area contributed by atoms with Crippen molar-refractivity contribution in [2.24, 2.45) is 0 Å². The van der Waals surface area contributed by atoms with Crippen LogP contribution in [0.15, 0.2) is 0 Å². The quantitative estimate of drug-likeness (QED) is 0.642. The molecule has 0 spiro atoms. The summed E-state index contributed by atoms with van der Waals surface area (Å²) < 4.78 is 10.4. The minimum atomic E-state index is -2.53. The second kappa shape index (κ2) is 4.48. The number of carboxylic acid groups (broad SMARTS) is 1. The molecule has 0 aromatic rings. The van der Waals surface area contributed by atoms with Gasteiger partial charge in [0.1, 0.15) is 6.04 Å². The molecule has 1 fully saturated rings. The third kappa shape index (κ3) is 2.49. The number of hydrogen-bond donors (Lipinski definition) is 2. The first kappa shape index (κ1) is 11.1. The van der Waals surface area contributed by atoms with E-state index in [1.165, 1.54) is 0 Å². The first-order valence-corrected chi connectivity index (χ1v) is 5.58. The van der Waals surface area contributed by atoms with E-state index in [-0.39, 0.29) is 0 Å². The molecule has 1 amide bonds. The molecule has 1 rings (SSSR count). The molecule has 1 unspecified atom stereocenters. The summed E-state index contributed by atoms with van der Waals surface area (Å²) in [6.45, 7) is 0.360. The van der Waals surface area contributed by atoms with Crippen molar-refractivity contribution in [2.75, 3.05) is 12.7 Å². The maximum Gasteiger partial charge on any atom is 0.515 e. The highest BCUT2D eigenvalue weighted by atomic mass is 31.1. The van der Waals surface area contributed by atoms with Gasteiger partial charge in [-0.25, -0.2) is 4.79 Å². The van der Waals surface area contributed by atoms with Crippen molar-refractivity contribution in [3.8, 4) is 0 Å². The van der Waals surface area contributed by atoms with E-state index in [1.807, 2.05) is 0 Å². The fraction of sp³-hybridized carbons (Fsp3) is 0.714. The highest BCUT2D eigenvalue weighted by Crippen LogP contribution is 2.21. The molecule has 1 saturated heterocycles. The Kier molecular flexibility index (Phi) is 3.55. The zero-order valence-electron chi connectivity index (χ0n) is 7.42. The van der Waals surface area contributed by atoms with Gasteiger partial charge in [0.15, 0.2) is 0 Å². The molecule has 2 N–H and O–H groups in total. The molecule has 6 nitrogen and oxygen atoms in total. The second-order valence-corrected chi connectivity index (χ2v) is 4.11. The van der Waals surface area contributed by atoms with Crippen molar-refractivity contribution in [3.63, 3.8) is 0 Å². The Bertz CT molecular complexity index is 279. The van der Waals surface area contributed by atoms with Crippen LogP contribution in [0.1, 0.15) is 12.8 Å². The van der Waals surface area contributed by atoms with Crippen LogP contribution in [0.25, 0.3) is 0 Å². The van der Waals surface area contributed by atoms with E-state index < -0.39 is 32.1 Å². The summed E-state index contributed by atoms with van der Waals surface area (Å²) in [4.78, 5) is 31.6. The topological polar surface area (TPSA) is 94.9 Å². The van der Waals surface area contributed by atoms with Crippen LogP contribution in [0.3, 0.4) is 0 Å². The molecule has 0 bridgehead atoms. The molecule has 0 aliphatic carbocycles. The van der Waals surface area contributed by atoms with Crippen LogP contribution in [0.2, 0.25) is 0 Å². The van der Waals surface area contributed by atoms with Gasteiger partial charge in [0.05, 0.1) is 0 Å². The summed E-state index contributed by atoms with van der Waals surface area (Å²) >= 11 is 0. The summed E-state index contributed by atoms with van der Waals surface area (Å²) in [5, 5.41) is 8.74. The summed E-state index contributed by atoms with van der Waals surface area (Å²) in [7, 11) is -2.53. The van der Waals surface area contributed by atoms with Gasteiger partial charge in [-0.15, -0.1) is 0 Å². The monoisotopic (exact) mass is 220 g/mol. The third-order valence-corrected chi connectivity index (χ3v) is 2.67. The molecule has 7 heteroatoms. The molecule has 14 heavy (non-hydrogen) atoms. The summed E-state index contributed by atoms with van der Waals surface area (Å²) in [5.74, 6) is -1.61. The number of rotatable bonds is 3. The lowest BCUT2D eigenvalue weighted by Crippen LogP contribution is -2.41. The molecule has 0 aromatic heterocycles. The zero-order chi connectivity index (χ0) is 10.7. The molecule has 0 aromatic carbocycles. The Morgan fingerprint density at radius 3 is 2.64 bits per heavy atom. The van der Waals surface area contributed by atoms with Gasteiger partial charge in [-0.05, 0) is 17.4 Å². The van der Waals surface area contributed by atoms with E-state index >= 15 is 0 Å². The molecule has 1 aliphatic rings. The Labute approximate surface area is 81.4 Å². The van der Waals surface area contributed by atoms with Gasteiger partial charge in [0.25, 0.3) is 12.1 Å². The lowest BCUT2D eigenvalue weighted by atomic mass is 10.2. The van der Waals surface area contributed by atoms with Crippen LogP contribution in [-0.2, 0) is 14.2 Å². The van der Waals surface area contributed by atoms with Crippen molar-refractivity contribution >= 4 is 19.9 Å². The van der Waals surface area contributed by atoms with Crippen molar-refractivity contribution < 1.29 is 24.2 Å². The van der Waals surface area contributed by atoms with Crippen LogP contribution < -0.4 is 0 Å². The van der Waals surface area contributed by atoms with E-state index in [0.29, 0.717) is 19.4 Å². The second-order valence-electron chi connectivity index (χ2n) is 3.09. The van der Waals surface area contributed by atoms with Crippen LogP contribution in [0, 0.1) is 0 Å². The Morgan fingerprint density at radius 2 is 2.14 bits per heavy atom. The van der Waals surface area contributed by atoms with Gasteiger partial charge < -0.3 is 10.0 Å². The van der Waals surface area contributed by atoms with Crippen molar-refractivity contribution in [3.05, 3.63) is 0 Å². The largest absolute Gasteiger partial charge is 0.515 e. The number of nitrogens with zero attached hydrogens (tertiary/aromatic N) is 1. The first-order chi connectivity index (χ1) is 6.52. The average molecular weight is 220 g/mol. The third-order valence-electron chi connectivity index (χ3n) is 2.13. The van der Waals surface area contributed by atoms with Gasteiger partial charge >= 0.3 is 14.0 Å². The van der Waals surface area contributed by atoms with Crippen LogP contribution in [0.4, 0.5) is 0 Å². The number of carboxylic acids is 1. The molecule has 1 aliphatic heterocycles. The first-order valence-electron chi connectivity index (χ1n) is 4.18. The van der Waals surface area contributed by atoms with E-state index in [4.69, 9.17) is 10.00 Å². The van der Waals surface area contributed by atoms with E-state index in [1.54, 1.807) is 0 Å². The number of likely N-dealkylation sites (tertiary alicyclic amines) is 1. The number of hydrogen-bond acceptors (Lipinski definition) is 3. The Balaban J connectivity index is 2.62. The molecular weight excluding hydrogens is 209 g/mol. The minimum Gasteiger partial charge on any atom is -0.480 e. The van der Waals surface area contributed by atoms with Crippen molar-refractivity contribution in [1.82, 2.24) is 4.90 Å². The van der Waals surface area contributed by atoms with E-state index in [9.17, 15) is 14.2 Å². The molecule has 2 atom stereocenters. The normalized spacial score (nSPS) is 22.2. The van der Waals surface area contributed by atoms with Crippen molar-refractivity contribution in [1.29, 1.82) is 0 Å². The fourth-order valence-corrected chi connectivity index (χ4v) is 1.94. The van der Waals surface area contributed by atoms with Crippen LogP contribution in [-0.4, -0.2) is 45.5 Å². The highest BCUT2D eigenvalue weighted by molar-refractivity contribution is 7.39. The maximum absolute atomic E-state index is 11.3. The minimum absolute atomic E-state index is 0.360. The molecule has 0 saturated carbocycles. The standard InChI is InChI=1S/C7H10NO5P/c9-6(4-14(12)13)8-3-1-2-5(8)7(10)11/h5H,1-4H2,(H-,10,11,12,13)/p+1/t5-/m0/s1. The van der Waals surface area contributed by atoms with Gasteiger partial charge in [-0.1, -0.05) is 0 Å². The summed E-state index contributed by atoms with van der Waals surface area (Å²) in [6, 6.07) is -0.822. The molecular formula is C7H11NO5P+. The number of carbonyl (C=O) groups excluding carboxylic acids is 1. The van der Waals surface area contributed by atoms with E-state index in [0.717, 1.165) is 4.90 Å². The lowest BCUT2D eigenvalue weighted by Gasteiger charge is -2.18. The van der Waals surface area contributed by atoms with Gasteiger partial charge in [0, 0.05) is 6.54 Å². The SMILES string of the molecule is O=C(O)[C@@H]1CCCN1C(=O)C[P+](=O)O. The fourth-order valence-electron chi connectivity index (χ4n) is 1.53. The molecule has 1 heterocycles. The molecule has 78 valence electrons. The van der Waals surface area contributed by atoms with Crippen LogP contribution in [0.5, 0.6) is 0 Å². The average Bonchev–Trinajstić information content (AvgIpc) is 2.49. The Morgan fingerprint density at radius 1 is 1.50 bits per heavy atom. The van der Waals surface area contributed by atoms with Crippen molar-refractivity contribution in [2.45, 2.75) is 18.9 Å². The highest BCUT2D eigenvalue weighted by Gasteiger charge is 2.36. The number of amides is 1. The van der Waals surface area contributed by atoms with Gasteiger partial charge in [0.2, 0.25) is 0 Å². The number of aliphatic carboxylic acids is 1. The Hall–Kier alpha value is -1.00. The van der Waals surface area contributed by atoms with Crippen LogP contribution >= 0.6 is 8.03 Å². The molecule has 0 radical (unpaired) electrons. The van der Waals surface area contributed by atoms with Gasteiger partial charge in [-0.3, -0.25) is 4.79 Å². The summed E-state index contributed by atoms with van der Waals surface area (Å²) in [5.41, 5.74) is 0. The number of carbonyl (C=O) groups is 2. The maximum atomic E-state index is 11.3. The zero-order valence-corrected chi connectivity index (χ0v) is 8.31. The lowest BCUT2D eigenvalue weighted by molar-refractivity contribution is -0.147. The van der Waals surface area contributed by atoms with E-state index in [2.05, 4.69) is 0 Å². The predicted molar refractivity (Wildman–Crippen MR) is 47.1 cm³/mol.